The summed E-state index contributed by atoms with van der Waals surface area (Å²) in [6.07, 6.45) is 3.18. The van der Waals surface area contributed by atoms with E-state index in [1.165, 1.54) is 6.20 Å². The monoisotopic (exact) mass is 370 g/mol. The third-order valence-corrected chi connectivity index (χ3v) is 4.31. The quantitative estimate of drug-likeness (QED) is 0.483. The number of para-hydroxylation sites is 1. The molecule has 27 heavy (non-hydrogen) atoms. The highest BCUT2D eigenvalue weighted by molar-refractivity contribution is 5.31. The van der Waals surface area contributed by atoms with Crippen LogP contribution in [-0.4, -0.2) is 35.1 Å². The molecule has 1 aliphatic heterocycles. The van der Waals surface area contributed by atoms with E-state index < -0.39 is 10.5 Å². The fourth-order valence-corrected chi connectivity index (χ4v) is 3.06. The van der Waals surface area contributed by atoms with Crippen LogP contribution < -0.4 is 9.47 Å². The minimum Gasteiger partial charge on any atom is -0.487 e. The van der Waals surface area contributed by atoms with Gasteiger partial charge < -0.3 is 19.6 Å². The van der Waals surface area contributed by atoms with Gasteiger partial charge in [0, 0.05) is 4.98 Å². The zero-order valence-electron chi connectivity index (χ0n) is 14.9. The number of hydrogen-bond donors (Lipinski definition) is 0. The van der Waals surface area contributed by atoms with Gasteiger partial charge in [-0.1, -0.05) is 23.4 Å². The van der Waals surface area contributed by atoms with Gasteiger partial charge in [0.2, 0.25) is 0 Å². The Hall–Kier alpha value is -3.43. The maximum Gasteiger partial charge on any atom is 0.415 e. The summed E-state index contributed by atoms with van der Waals surface area (Å²) in [5, 5.41) is 19.0. The number of nitrogens with zero attached hydrogens (tertiary/aromatic N) is 6. The smallest absolute Gasteiger partial charge is 0.415 e. The third-order valence-electron chi connectivity index (χ3n) is 4.31. The summed E-state index contributed by atoms with van der Waals surface area (Å²) in [5.74, 6) is 0.591. The van der Waals surface area contributed by atoms with Gasteiger partial charge in [-0.05, 0) is 30.4 Å². The number of ether oxygens (including phenoxy) is 2. The molecule has 1 aromatic carbocycles. The van der Waals surface area contributed by atoms with Crippen LogP contribution >= 0.6 is 0 Å². The Morgan fingerprint density at radius 3 is 2.93 bits per heavy atom. The highest BCUT2D eigenvalue weighted by Crippen LogP contribution is 2.31. The summed E-state index contributed by atoms with van der Waals surface area (Å²) < 4.78 is 14.9. The van der Waals surface area contributed by atoms with Gasteiger partial charge in [-0.3, -0.25) is 4.57 Å². The molecule has 0 amide bonds. The molecule has 0 saturated carbocycles. The molecule has 10 nitrogen and oxygen atoms in total. The number of rotatable bonds is 6. The fourth-order valence-electron chi connectivity index (χ4n) is 3.06. The van der Waals surface area contributed by atoms with E-state index >= 15 is 0 Å². The molecule has 3 aromatic rings. The van der Waals surface area contributed by atoms with Gasteiger partial charge in [-0.25, -0.2) is 4.68 Å². The molecule has 4 rings (SSSR count). The molecular formula is C17H18N6O4. The molecule has 0 aliphatic carbocycles. The summed E-state index contributed by atoms with van der Waals surface area (Å²) in [6.45, 7) is 5.08. The van der Waals surface area contributed by atoms with E-state index in [2.05, 4.69) is 15.3 Å². The molecule has 0 unspecified atom stereocenters. The molecular weight excluding hydrogens is 352 g/mol. The summed E-state index contributed by atoms with van der Waals surface area (Å²) in [7, 11) is 0. The van der Waals surface area contributed by atoms with Gasteiger partial charge >= 0.3 is 11.8 Å². The predicted molar refractivity (Wildman–Crippen MR) is 93.4 cm³/mol. The summed E-state index contributed by atoms with van der Waals surface area (Å²) >= 11 is 0. The molecule has 0 fully saturated rings. The summed E-state index contributed by atoms with van der Waals surface area (Å²) in [5.41, 5.74) is 1.15. The van der Waals surface area contributed by atoms with E-state index in [9.17, 15) is 10.1 Å². The molecule has 0 bridgehead atoms. The van der Waals surface area contributed by atoms with Gasteiger partial charge in [0.05, 0.1) is 19.3 Å². The SMILES string of the molecule is Cc1ccccc1OCc1cn(C[C@@]2(C)Cn3cc([N+](=O)[O-])nc3O2)nn1. The van der Waals surface area contributed by atoms with E-state index in [1.807, 2.05) is 38.1 Å². The minimum atomic E-state index is -0.612. The molecule has 0 saturated heterocycles. The first-order chi connectivity index (χ1) is 12.9. The standard InChI is InChI=1S/C17H18N6O4/c1-12-5-3-4-6-14(12)26-9-13-7-22(20-19-13)11-17(2)10-21-8-15(23(24)25)18-16(21)27-17/h3-8H,9-11H2,1-2H3/t17-/m1/s1. The molecule has 2 aromatic heterocycles. The number of hydrogen-bond acceptors (Lipinski definition) is 7. The second-order valence-electron chi connectivity index (χ2n) is 6.78. The highest BCUT2D eigenvalue weighted by atomic mass is 16.6. The van der Waals surface area contributed by atoms with Crippen LogP contribution in [0, 0.1) is 17.0 Å². The predicted octanol–water partition coefficient (Wildman–Crippen LogP) is 2.12. The Balaban J connectivity index is 1.38. The Morgan fingerprint density at radius 2 is 2.19 bits per heavy atom. The molecule has 3 heterocycles. The van der Waals surface area contributed by atoms with E-state index in [0.29, 0.717) is 25.4 Å². The van der Waals surface area contributed by atoms with Crippen molar-refractivity contribution < 1.29 is 14.4 Å². The molecule has 10 heteroatoms. The van der Waals surface area contributed by atoms with Crippen molar-refractivity contribution in [1.82, 2.24) is 24.5 Å². The maximum atomic E-state index is 10.8. The maximum absolute atomic E-state index is 10.8. The van der Waals surface area contributed by atoms with E-state index in [4.69, 9.17) is 9.47 Å². The Labute approximate surface area is 154 Å². The lowest BCUT2D eigenvalue weighted by Gasteiger charge is -2.21. The van der Waals surface area contributed by atoms with Crippen LogP contribution in [0.3, 0.4) is 0 Å². The van der Waals surface area contributed by atoms with Crippen molar-refractivity contribution in [2.24, 2.45) is 0 Å². The van der Waals surface area contributed by atoms with Crippen molar-refractivity contribution >= 4 is 5.82 Å². The van der Waals surface area contributed by atoms with E-state index in [1.54, 1.807) is 15.4 Å². The molecule has 0 N–H and O–H groups in total. The summed E-state index contributed by atoms with van der Waals surface area (Å²) in [6, 6.07) is 8.02. The van der Waals surface area contributed by atoms with Crippen LogP contribution in [0.4, 0.5) is 5.82 Å². The fraction of sp³-hybridized carbons (Fsp3) is 0.353. The normalized spacial score (nSPS) is 18.1. The number of aryl methyl sites for hydroxylation is 1. The number of fused-ring (bicyclic) bond motifs is 1. The molecule has 1 aliphatic rings. The second kappa shape index (κ2) is 6.38. The summed E-state index contributed by atoms with van der Waals surface area (Å²) in [4.78, 5) is 14.1. The largest absolute Gasteiger partial charge is 0.487 e. The Morgan fingerprint density at radius 1 is 1.37 bits per heavy atom. The van der Waals surface area contributed by atoms with Gasteiger partial charge in [0.1, 0.15) is 29.8 Å². The topological polar surface area (TPSA) is 110 Å². The first-order valence-corrected chi connectivity index (χ1v) is 8.40. The van der Waals surface area contributed by atoms with Crippen molar-refractivity contribution in [1.29, 1.82) is 0 Å². The lowest BCUT2D eigenvalue weighted by Crippen LogP contribution is -2.36. The van der Waals surface area contributed by atoms with Crippen molar-refractivity contribution in [3.63, 3.8) is 0 Å². The first kappa shape index (κ1) is 17.0. The van der Waals surface area contributed by atoms with Crippen LogP contribution in [-0.2, 0) is 19.7 Å². The lowest BCUT2D eigenvalue weighted by atomic mass is 10.1. The van der Waals surface area contributed by atoms with Crippen molar-refractivity contribution in [3.05, 3.63) is 58.0 Å². The molecule has 1 atom stereocenters. The zero-order chi connectivity index (χ0) is 19.0. The van der Waals surface area contributed by atoms with Crippen LogP contribution in [0.1, 0.15) is 18.2 Å². The van der Waals surface area contributed by atoms with Crippen LogP contribution in [0.2, 0.25) is 0 Å². The van der Waals surface area contributed by atoms with Crippen LogP contribution in [0.25, 0.3) is 0 Å². The number of aromatic nitrogens is 5. The average molecular weight is 370 g/mol. The highest BCUT2D eigenvalue weighted by Gasteiger charge is 2.40. The van der Waals surface area contributed by atoms with E-state index in [0.717, 1.165) is 11.3 Å². The molecule has 0 spiro atoms. The lowest BCUT2D eigenvalue weighted by molar-refractivity contribution is -0.389. The van der Waals surface area contributed by atoms with E-state index in [-0.39, 0.29) is 11.8 Å². The van der Waals surface area contributed by atoms with Crippen molar-refractivity contribution in [3.8, 4) is 11.8 Å². The van der Waals surface area contributed by atoms with Gasteiger partial charge in [-0.2, -0.15) is 0 Å². The van der Waals surface area contributed by atoms with Crippen molar-refractivity contribution in [2.75, 3.05) is 0 Å². The van der Waals surface area contributed by atoms with Crippen LogP contribution in [0.5, 0.6) is 11.8 Å². The first-order valence-electron chi connectivity index (χ1n) is 8.40. The Bertz CT molecular complexity index is 971. The second-order valence-corrected chi connectivity index (χ2v) is 6.78. The molecule has 0 radical (unpaired) electrons. The van der Waals surface area contributed by atoms with Gasteiger partial charge in [0.25, 0.3) is 0 Å². The number of nitro groups is 1. The number of benzene rings is 1. The average Bonchev–Trinajstić information content (AvgIpc) is 3.28. The van der Waals surface area contributed by atoms with Crippen molar-refractivity contribution in [2.45, 2.75) is 39.1 Å². The third kappa shape index (κ3) is 3.46. The van der Waals surface area contributed by atoms with Gasteiger partial charge in [-0.15, -0.1) is 5.10 Å². The zero-order valence-corrected chi connectivity index (χ0v) is 14.9. The number of imidazole rings is 1. The van der Waals surface area contributed by atoms with Crippen LogP contribution in [0.15, 0.2) is 36.7 Å². The van der Waals surface area contributed by atoms with Gasteiger partial charge in [0.15, 0.2) is 0 Å². The minimum absolute atomic E-state index is 0.219. The Kier molecular flexibility index (Phi) is 4.02. The molecule has 140 valence electrons.